The van der Waals surface area contributed by atoms with Gasteiger partial charge in [0.2, 0.25) is 5.03 Å². The molecule has 1 aliphatic heterocycles. The van der Waals surface area contributed by atoms with Crippen molar-refractivity contribution in [3.05, 3.63) is 11.5 Å². The van der Waals surface area contributed by atoms with Crippen LogP contribution in [0.1, 0.15) is 25.7 Å². The Labute approximate surface area is 106 Å². The van der Waals surface area contributed by atoms with Gasteiger partial charge in [0, 0.05) is 20.1 Å². The fraction of sp³-hybridized carbons (Fsp3) is 0.700. The third kappa shape index (κ3) is 2.48. The van der Waals surface area contributed by atoms with Gasteiger partial charge in [-0.25, -0.2) is 13.4 Å². The molecule has 1 fully saturated rings. The Morgan fingerprint density at radius 2 is 1.82 bits per heavy atom. The highest BCUT2D eigenvalue weighted by molar-refractivity contribution is 7.89. The van der Waals surface area contributed by atoms with Gasteiger partial charge in [0.05, 0.1) is 6.33 Å². The Balaban J connectivity index is 2.32. The van der Waals surface area contributed by atoms with Crippen molar-refractivity contribution in [2.75, 3.05) is 13.1 Å². The summed E-state index contributed by atoms with van der Waals surface area (Å²) < 4.78 is 27.7. The normalized spacial score (nSPS) is 19.2. The van der Waals surface area contributed by atoms with E-state index >= 15 is 0 Å². The second kappa shape index (κ2) is 4.96. The van der Waals surface area contributed by atoms with E-state index in [2.05, 4.69) is 4.98 Å². The molecule has 0 amide bonds. The zero-order valence-corrected chi connectivity index (χ0v) is 11.3. The average molecular weight is 278 g/mol. The van der Waals surface area contributed by atoms with Crippen molar-refractivity contribution in [1.82, 2.24) is 13.9 Å². The van der Waals surface area contributed by atoms with Crippen molar-refractivity contribution >= 4 is 21.6 Å². The van der Waals surface area contributed by atoms with Crippen LogP contribution >= 0.6 is 11.6 Å². The third-order valence-corrected chi connectivity index (χ3v) is 5.37. The van der Waals surface area contributed by atoms with E-state index in [4.69, 9.17) is 11.6 Å². The lowest BCUT2D eigenvalue weighted by atomic mass is 10.2. The lowest BCUT2D eigenvalue weighted by Gasteiger charge is -2.18. The summed E-state index contributed by atoms with van der Waals surface area (Å²) in [5, 5.41) is 0.151. The minimum atomic E-state index is -3.53. The zero-order chi connectivity index (χ0) is 12.5. The number of aromatic nitrogens is 2. The molecule has 0 radical (unpaired) electrons. The first kappa shape index (κ1) is 12.9. The fourth-order valence-corrected chi connectivity index (χ4v) is 3.88. The summed E-state index contributed by atoms with van der Waals surface area (Å²) in [5.74, 6) is 0. The smallest absolute Gasteiger partial charge is 0.263 e. The Hall–Kier alpha value is -0.590. The second-order valence-electron chi connectivity index (χ2n) is 4.27. The summed E-state index contributed by atoms with van der Waals surface area (Å²) in [5.41, 5.74) is 0. The van der Waals surface area contributed by atoms with Crippen LogP contribution in [0, 0.1) is 0 Å². The van der Waals surface area contributed by atoms with Gasteiger partial charge >= 0.3 is 0 Å². The number of rotatable bonds is 2. The van der Waals surface area contributed by atoms with Gasteiger partial charge in [-0.2, -0.15) is 4.31 Å². The number of nitrogens with zero attached hydrogens (tertiary/aromatic N) is 3. The predicted molar refractivity (Wildman–Crippen MR) is 65.4 cm³/mol. The number of imidazole rings is 1. The van der Waals surface area contributed by atoms with E-state index in [0.29, 0.717) is 13.1 Å². The van der Waals surface area contributed by atoms with Gasteiger partial charge in [-0.05, 0) is 12.8 Å². The molecular formula is C10H16ClN3O2S. The number of sulfonamides is 1. The van der Waals surface area contributed by atoms with Crippen molar-refractivity contribution in [2.24, 2.45) is 7.05 Å². The molecule has 1 aromatic heterocycles. The van der Waals surface area contributed by atoms with Crippen molar-refractivity contribution in [3.8, 4) is 0 Å². The molecule has 1 aliphatic rings. The molecule has 0 aliphatic carbocycles. The van der Waals surface area contributed by atoms with Crippen LogP contribution in [0.3, 0.4) is 0 Å². The SMILES string of the molecule is Cn1cnc(S(=O)(=O)N2CCCCCC2)c1Cl. The van der Waals surface area contributed by atoms with E-state index < -0.39 is 10.0 Å². The van der Waals surface area contributed by atoms with Gasteiger partial charge in [-0.1, -0.05) is 24.4 Å². The maximum absolute atomic E-state index is 12.3. The van der Waals surface area contributed by atoms with Crippen LogP contribution < -0.4 is 0 Å². The maximum atomic E-state index is 12.3. The molecule has 96 valence electrons. The Kier molecular flexibility index (Phi) is 3.75. The molecule has 0 atom stereocenters. The van der Waals surface area contributed by atoms with E-state index in [0.717, 1.165) is 25.7 Å². The molecule has 17 heavy (non-hydrogen) atoms. The maximum Gasteiger partial charge on any atom is 0.263 e. The number of halogens is 1. The molecular weight excluding hydrogens is 262 g/mol. The molecule has 0 N–H and O–H groups in total. The van der Waals surface area contributed by atoms with Crippen LogP contribution in [0.5, 0.6) is 0 Å². The standard InChI is InChI=1S/C10H16ClN3O2S/c1-13-8-12-10(9(13)11)17(15,16)14-6-4-2-3-5-7-14/h8H,2-7H2,1H3. The highest BCUT2D eigenvalue weighted by Crippen LogP contribution is 2.24. The Bertz CT molecular complexity index is 490. The summed E-state index contributed by atoms with van der Waals surface area (Å²) in [6, 6.07) is 0. The highest BCUT2D eigenvalue weighted by Gasteiger charge is 2.29. The summed E-state index contributed by atoms with van der Waals surface area (Å²) in [6.07, 6.45) is 5.41. The van der Waals surface area contributed by atoms with Crippen molar-refractivity contribution in [2.45, 2.75) is 30.7 Å². The summed E-state index contributed by atoms with van der Waals surface area (Å²) in [7, 11) is -1.85. The van der Waals surface area contributed by atoms with Crippen LogP contribution in [0.2, 0.25) is 5.15 Å². The van der Waals surface area contributed by atoms with Gasteiger partial charge in [0.15, 0.2) is 0 Å². The second-order valence-corrected chi connectivity index (χ2v) is 6.48. The Morgan fingerprint density at radius 1 is 1.24 bits per heavy atom. The van der Waals surface area contributed by atoms with Crippen LogP contribution in [0.4, 0.5) is 0 Å². The lowest BCUT2D eigenvalue weighted by Crippen LogP contribution is -2.32. The Morgan fingerprint density at radius 3 is 2.29 bits per heavy atom. The minimum absolute atomic E-state index is 0.0245. The summed E-state index contributed by atoms with van der Waals surface area (Å²) in [4.78, 5) is 3.89. The molecule has 0 saturated carbocycles. The zero-order valence-electron chi connectivity index (χ0n) is 9.76. The number of hydrogen-bond donors (Lipinski definition) is 0. The fourth-order valence-electron chi connectivity index (χ4n) is 1.97. The highest BCUT2D eigenvalue weighted by atomic mass is 35.5. The monoisotopic (exact) mass is 277 g/mol. The first-order chi connectivity index (χ1) is 8.03. The van der Waals surface area contributed by atoms with Crippen LogP contribution in [0.25, 0.3) is 0 Å². The minimum Gasteiger partial charge on any atom is -0.324 e. The van der Waals surface area contributed by atoms with Gasteiger partial charge in [0.1, 0.15) is 5.15 Å². The number of hydrogen-bond acceptors (Lipinski definition) is 3. The number of aryl methyl sites for hydroxylation is 1. The van der Waals surface area contributed by atoms with Crippen molar-refractivity contribution < 1.29 is 8.42 Å². The molecule has 5 nitrogen and oxygen atoms in total. The quantitative estimate of drug-likeness (QED) is 0.826. The van der Waals surface area contributed by atoms with Crippen LogP contribution in [-0.4, -0.2) is 35.4 Å². The molecule has 2 rings (SSSR count). The van der Waals surface area contributed by atoms with Crippen LogP contribution in [0.15, 0.2) is 11.4 Å². The first-order valence-corrected chi connectivity index (χ1v) is 7.52. The summed E-state index contributed by atoms with van der Waals surface area (Å²) >= 11 is 5.95. The molecule has 7 heteroatoms. The van der Waals surface area contributed by atoms with Crippen molar-refractivity contribution in [3.63, 3.8) is 0 Å². The van der Waals surface area contributed by atoms with Gasteiger partial charge in [-0.15, -0.1) is 0 Å². The molecule has 0 spiro atoms. The molecule has 0 aromatic carbocycles. The van der Waals surface area contributed by atoms with E-state index in [1.165, 1.54) is 15.2 Å². The first-order valence-electron chi connectivity index (χ1n) is 5.70. The van der Waals surface area contributed by atoms with Crippen molar-refractivity contribution in [1.29, 1.82) is 0 Å². The molecule has 1 saturated heterocycles. The predicted octanol–water partition coefficient (Wildman–Crippen LogP) is 1.64. The van der Waals surface area contributed by atoms with E-state index in [1.807, 2.05) is 0 Å². The lowest BCUT2D eigenvalue weighted by molar-refractivity contribution is 0.422. The van der Waals surface area contributed by atoms with E-state index in [1.54, 1.807) is 7.05 Å². The summed E-state index contributed by atoms with van der Waals surface area (Å²) in [6.45, 7) is 1.13. The van der Waals surface area contributed by atoms with E-state index in [9.17, 15) is 8.42 Å². The topological polar surface area (TPSA) is 55.2 Å². The van der Waals surface area contributed by atoms with Gasteiger partial charge in [-0.3, -0.25) is 0 Å². The molecule has 0 unspecified atom stereocenters. The van der Waals surface area contributed by atoms with E-state index in [-0.39, 0.29) is 10.2 Å². The average Bonchev–Trinajstić information content (AvgIpc) is 2.55. The molecule has 2 heterocycles. The van der Waals surface area contributed by atoms with Gasteiger partial charge < -0.3 is 4.57 Å². The molecule has 1 aromatic rings. The van der Waals surface area contributed by atoms with Gasteiger partial charge in [0.25, 0.3) is 10.0 Å². The molecule has 0 bridgehead atoms. The largest absolute Gasteiger partial charge is 0.324 e. The van der Waals surface area contributed by atoms with Crippen LogP contribution in [-0.2, 0) is 17.1 Å². The third-order valence-electron chi connectivity index (χ3n) is 2.98.